The Labute approximate surface area is 193 Å². The lowest BCUT2D eigenvalue weighted by Gasteiger charge is -2.16. The molecule has 0 bridgehead atoms. The molecule has 1 aliphatic heterocycles. The Morgan fingerprint density at radius 3 is 2.61 bits per heavy atom. The first-order valence-electron chi connectivity index (χ1n) is 10.9. The number of sulfonamides is 1. The highest BCUT2D eigenvalue weighted by Crippen LogP contribution is 2.35. The minimum atomic E-state index is -3.34. The zero-order valence-electron chi connectivity index (χ0n) is 18.3. The van der Waals surface area contributed by atoms with E-state index in [1.165, 1.54) is 0 Å². The SMILES string of the molecule is CN1C(=O)Cc2cnc(Nc3ccc(CS(=O)(=O)NCC4CC4)cc3)nc2-c2ccccc21. The lowest BCUT2D eigenvalue weighted by molar-refractivity contribution is -0.117. The number of anilines is 3. The van der Waals surface area contributed by atoms with E-state index < -0.39 is 10.0 Å². The van der Waals surface area contributed by atoms with Gasteiger partial charge in [0, 0.05) is 36.6 Å². The minimum absolute atomic E-state index is 0.0114. The molecule has 5 rings (SSSR count). The predicted molar refractivity (Wildman–Crippen MR) is 128 cm³/mol. The summed E-state index contributed by atoms with van der Waals surface area (Å²) in [4.78, 5) is 23.3. The first-order valence-corrected chi connectivity index (χ1v) is 12.6. The molecule has 1 aromatic heterocycles. The number of amides is 1. The molecule has 170 valence electrons. The average molecular weight is 464 g/mol. The summed E-state index contributed by atoms with van der Waals surface area (Å²) < 4.78 is 27.2. The number of hydrogen-bond donors (Lipinski definition) is 2. The highest BCUT2D eigenvalue weighted by atomic mass is 32.2. The average Bonchev–Trinajstić information content (AvgIpc) is 3.64. The maximum Gasteiger partial charge on any atom is 0.231 e. The van der Waals surface area contributed by atoms with Crippen LogP contribution in [0.4, 0.5) is 17.3 Å². The zero-order valence-corrected chi connectivity index (χ0v) is 19.1. The summed E-state index contributed by atoms with van der Waals surface area (Å²) in [5.74, 6) is 0.848. The number of likely N-dealkylation sites (N-methyl/N-ethyl adjacent to an activating group) is 1. The number of aromatic nitrogens is 2. The number of para-hydroxylation sites is 1. The standard InChI is InChI=1S/C24H25N5O3S/c1-29-21-5-3-2-4-20(21)23-18(12-22(29)30)14-25-24(28-23)27-19-10-8-17(9-11-19)15-33(31,32)26-13-16-6-7-16/h2-5,8-11,14,16,26H,6-7,12-13,15H2,1H3,(H,25,27,28). The lowest BCUT2D eigenvalue weighted by Crippen LogP contribution is -2.27. The zero-order chi connectivity index (χ0) is 23.0. The van der Waals surface area contributed by atoms with Crippen molar-refractivity contribution in [3.05, 3.63) is 65.9 Å². The van der Waals surface area contributed by atoms with Crippen LogP contribution >= 0.6 is 0 Å². The molecule has 3 aromatic rings. The number of nitrogens with one attached hydrogen (secondary N) is 2. The molecule has 2 aromatic carbocycles. The first-order chi connectivity index (χ1) is 15.9. The summed E-state index contributed by atoms with van der Waals surface area (Å²) in [6.07, 6.45) is 4.13. The molecular weight excluding hydrogens is 438 g/mol. The van der Waals surface area contributed by atoms with E-state index in [1.54, 1.807) is 30.3 Å². The summed E-state index contributed by atoms with van der Waals surface area (Å²) in [6, 6.07) is 14.9. The molecule has 2 N–H and O–H groups in total. The normalized spacial score (nSPS) is 15.5. The van der Waals surface area contributed by atoms with Crippen LogP contribution in [0.1, 0.15) is 24.0 Å². The van der Waals surface area contributed by atoms with Crippen LogP contribution in [0.15, 0.2) is 54.7 Å². The van der Waals surface area contributed by atoms with Crippen LogP contribution in [0.25, 0.3) is 11.3 Å². The number of rotatable bonds is 7. The van der Waals surface area contributed by atoms with Crippen molar-refractivity contribution in [2.75, 3.05) is 23.8 Å². The summed E-state index contributed by atoms with van der Waals surface area (Å²) in [6.45, 7) is 0.530. The number of carbonyl (C=O) groups is 1. The molecule has 0 radical (unpaired) electrons. The molecule has 1 saturated carbocycles. The number of carbonyl (C=O) groups excluding carboxylic acids is 1. The van der Waals surface area contributed by atoms with Crippen molar-refractivity contribution >= 4 is 33.3 Å². The van der Waals surface area contributed by atoms with Gasteiger partial charge in [0.05, 0.1) is 23.6 Å². The Kier molecular flexibility index (Phi) is 5.59. The molecule has 33 heavy (non-hydrogen) atoms. The third-order valence-corrected chi connectivity index (χ3v) is 7.28. The molecule has 2 aliphatic rings. The monoisotopic (exact) mass is 463 g/mol. The smallest absolute Gasteiger partial charge is 0.231 e. The fourth-order valence-electron chi connectivity index (χ4n) is 3.86. The van der Waals surface area contributed by atoms with E-state index >= 15 is 0 Å². The van der Waals surface area contributed by atoms with E-state index in [2.05, 4.69) is 15.0 Å². The van der Waals surface area contributed by atoms with Gasteiger partial charge in [0.15, 0.2) is 0 Å². The van der Waals surface area contributed by atoms with Crippen LogP contribution in [0.2, 0.25) is 0 Å². The second-order valence-corrected chi connectivity index (χ2v) is 10.4. The lowest BCUT2D eigenvalue weighted by atomic mass is 10.1. The Bertz CT molecular complexity index is 1300. The summed E-state index contributed by atoms with van der Waals surface area (Å²) >= 11 is 0. The molecule has 0 unspecified atom stereocenters. The molecule has 1 aliphatic carbocycles. The van der Waals surface area contributed by atoms with Gasteiger partial charge in [-0.3, -0.25) is 4.79 Å². The molecule has 1 fully saturated rings. The van der Waals surface area contributed by atoms with E-state index in [0.29, 0.717) is 24.0 Å². The minimum Gasteiger partial charge on any atom is -0.324 e. The Morgan fingerprint density at radius 1 is 1.09 bits per heavy atom. The van der Waals surface area contributed by atoms with Gasteiger partial charge in [0.25, 0.3) is 0 Å². The molecule has 8 nitrogen and oxygen atoms in total. The second-order valence-electron chi connectivity index (χ2n) is 8.59. The fraction of sp³-hybridized carbons (Fsp3) is 0.292. The van der Waals surface area contributed by atoms with Crippen LogP contribution in [0.5, 0.6) is 0 Å². The van der Waals surface area contributed by atoms with Gasteiger partial charge in [-0.1, -0.05) is 30.3 Å². The highest BCUT2D eigenvalue weighted by Gasteiger charge is 2.25. The van der Waals surface area contributed by atoms with Crippen molar-refractivity contribution in [1.82, 2.24) is 14.7 Å². The predicted octanol–water partition coefficient (Wildman–Crippen LogP) is 3.24. The van der Waals surface area contributed by atoms with Crippen LogP contribution in [-0.4, -0.2) is 37.9 Å². The molecule has 9 heteroatoms. The van der Waals surface area contributed by atoms with Crippen molar-refractivity contribution < 1.29 is 13.2 Å². The topological polar surface area (TPSA) is 104 Å². The maximum atomic E-state index is 12.5. The van der Waals surface area contributed by atoms with Crippen LogP contribution in [0.3, 0.4) is 0 Å². The van der Waals surface area contributed by atoms with E-state index in [0.717, 1.165) is 41.0 Å². The van der Waals surface area contributed by atoms with Gasteiger partial charge in [-0.25, -0.2) is 23.1 Å². The van der Waals surface area contributed by atoms with Gasteiger partial charge >= 0.3 is 0 Å². The molecular formula is C24H25N5O3S. The van der Waals surface area contributed by atoms with Gasteiger partial charge in [-0.2, -0.15) is 0 Å². The van der Waals surface area contributed by atoms with Gasteiger partial charge in [0.1, 0.15) is 0 Å². The van der Waals surface area contributed by atoms with Crippen LogP contribution in [-0.2, 0) is 27.0 Å². The van der Waals surface area contributed by atoms with Gasteiger partial charge < -0.3 is 10.2 Å². The van der Waals surface area contributed by atoms with Crippen LogP contribution in [0, 0.1) is 5.92 Å². The molecule has 0 spiro atoms. The molecule has 0 atom stereocenters. The van der Waals surface area contributed by atoms with Crippen molar-refractivity contribution in [2.24, 2.45) is 5.92 Å². The van der Waals surface area contributed by atoms with E-state index in [1.807, 2.05) is 36.4 Å². The van der Waals surface area contributed by atoms with E-state index in [-0.39, 0.29) is 18.1 Å². The third-order valence-electron chi connectivity index (χ3n) is 5.96. The largest absolute Gasteiger partial charge is 0.324 e. The van der Waals surface area contributed by atoms with Crippen molar-refractivity contribution in [2.45, 2.75) is 25.0 Å². The Hall–Kier alpha value is -3.30. The Balaban J connectivity index is 1.34. The highest BCUT2D eigenvalue weighted by molar-refractivity contribution is 7.88. The van der Waals surface area contributed by atoms with Crippen LogP contribution < -0.4 is 14.9 Å². The van der Waals surface area contributed by atoms with Gasteiger partial charge in [-0.05, 0) is 42.5 Å². The van der Waals surface area contributed by atoms with Gasteiger partial charge in [0.2, 0.25) is 21.9 Å². The summed E-state index contributed by atoms with van der Waals surface area (Å²) in [7, 11) is -1.57. The number of nitrogens with zero attached hydrogens (tertiary/aromatic N) is 3. The number of hydrogen-bond acceptors (Lipinski definition) is 6. The van der Waals surface area contributed by atoms with E-state index in [4.69, 9.17) is 4.98 Å². The van der Waals surface area contributed by atoms with Crippen molar-refractivity contribution in [1.29, 1.82) is 0 Å². The molecule has 1 amide bonds. The maximum absolute atomic E-state index is 12.5. The molecule has 2 heterocycles. The summed E-state index contributed by atoms with van der Waals surface area (Å²) in [5.41, 5.74) is 4.66. The van der Waals surface area contributed by atoms with Crippen molar-refractivity contribution in [3.8, 4) is 11.3 Å². The summed E-state index contributed by atoms with van der Waals surface area (Å²) in [5, 5.41) is 3.18. The quantitative estimate of drug-likeness (QED) is 0.558. The first kappa shape index (κ1) is 21.5. The van der Waals surface area contributed by atoms with Crippen molar-refractivity contribution in [3.63, 3.8) is 0 Å². The Morgan fingerprint density at radius 2 is 1.85 bits per heavy atom. The third kappa shape index (κ3) is 4.89. The van der Waals surface area contributed by atoms with Gasteiger partial charge in [-0.15, -0.1) is 0 Å². The second kappa shape index (κ2) is 8.57. The number of fused-ring (bicyclic) bond motifs is 3. The fourth-order valence-corrected chi connectivity index (χ4v) is 5.09. The molecule has 0 saturated heterocycles. The number of benzene rings is 2. The van der Waals surface area contributed by atoms with E-state index in [9.17, 15) is 13.2 Å².